The summed E-state index contributed by atoms with van der Waals surface area (Å²) in [5.74, 6) is -1.35. The van der Waals surface area contributed by atoms with Crippen molar-refractivity contribution in [1.82, 2.24) is 0 Å². The van der Waals surface area contributed by atoms with Crippen molar-refractivity contribution in [3.63, 3.8) is 0 Å². The number of rotatable bonds is 4. The third-order valence-corrected chi connectivity index (χ3v) is 5.79. The van der Waals surface area contributed by atoms with E-state index < -0.39 is 11.9 Å². The normalized spacial score (nSPS) is 12.8. The van der Waals surface area contributed by atoms with E-state index in [-0.39, 0.29) is 27.7 Å². The molecule has 0 fully saturated rings. The molecule has 3 aromatic heterocycles. The molecular weight excluding hydrogens is 406 g/mol. The second-order valence-corrected chi connectivity index (χ2v) is 7.71. The zero-order chi connectivity index (χ0) is 20.8. The minimum Gasteiger partial charge on any atom is -0.504 e. The molecule has 0 saturated heterocycles. The highest BCUT2D eigenvalue weighted by Crippen LogP contribution is 2.39. The number of phenolic OH excluding ortho intramolecular Hbond substituents is 1. The van der Waals surface area contributed by atoms with E-state index in [2.05, 4.69) is 5.32 Å². The molecule has 5 rings (SSSR count). The first-order valence-electron chi connectivity index (χ1n) is 9.19. The van der Waals surface area contributed by atoms with Gasteiger partial charge in [-0.3, -0.25) is 4.79 Å². The van der Waals surface area contributed by atoms with E-state index in [0.717, 1.165) is 29.4 Å². The van der Waals surface area contributed by atoms with Crippen LogP contribution in [0.5, 0.6) is 5.75 Å². The van der Waals surface area contributed by atoms with Crippen LogP contribution >= 0.6 is 11.3 Å². The molecule has 150 valence electrons. The maximum Gasteiger partial charge on any atom is 0.339 e. The second-order valence-electron chi connectivity index (χ2n) is 6.83. The Morgan fingerprint density at radius 1 is 1.10 bits per heavy atom. The van der Waals surface area contributed by atoms with Gasteiger partial charge in [0.1, 0.15) is 21.7 Å². The molecule has 3 N–H and O–H groups in total. The summed E-state index contributed by atoms with van der Waals surface area (Å²) in [6.45, 7) is 0. The monoisotopic (exact) mass is 421 g/mol. The van der Waals surface area contributed by atoms with Crippen molar-refractivity contribution in [2.75, 3.05) is 5.32 Å². The number of thiophene rings is 1. The first-order valence-corrected chi connectivity index (χ1v) is 10.1. The Morgan fingerprint density at radius 2 is 1.93 bits per heavy atom. The fraction of sp³-hybridized carbons (Fsp3) is 0.0909. The summed E-state index contributed by atoms with van der Waals surface area (Å²) in [7, 11) is 0. The standard InChI is InChI=1S/C22H15NO6S/c24-14-6-3-5-12-9-16(29-19(12)14)13-10-30-21(18(13)22(26)27)23-20(25)17-8-11-4-1-2-7-15(11)28-17/h3-10,24H,1-2H2,(H,23,25)(H,26,27). The predicted octanol–water partition coefficient (Wildman–Crippen LogP) is 3.77. The molecule has 7 nitrogen and oxygen atoms in total. The Hall–Kier alpha value is -3.78. The van der Waals surface area contributed by atoms with Crippen LogP contribution in [0.3, 0.4) is 0 Å². The van der Waals surface area contributed by atoms with Gasteiger partial charge in [-0.05, 0) is 37.1 Å². The third kappa shape index (κ3) is 2.98. The summed E-state index contributed by atoms with van der Waals surface area (Å²) in [6, 6.07) is 8.22. The van der Waals surface area contributed by atoms with Crippen LogP contribution in [0.1, 0.15) is 33.8 Å². The Kier molecular flexibility index (Phi) is 4.22. The molecule has 1 amide bonds. The topological polar surface area (TPSA) is 113 Å². The number of aromatic hydroxyl groups is 1. The molecule has 3 heterocycles. The van der Waals surface area contributed by atoms with Crippen molar-refractivity contribution in [2.45, 2.75) is 12.8 Å². The number of nitrogens with one attached hydrogen (secondary N) is 1. The lowest BCUT2D eigenvalue weighted by Gasteiger charge is -2.03. The van der Waals surface area contributed by atoms with Crippen molar-refractivity contribution < 1.29 is 28.6 Å². The molecule has 1 aliphatic carbocycles. The first kappa shape index (κ1) is 18.3. The van der Waals surface area contributed by atoms with Gasteiger partial charge in [-0.1, -0.05) is 18.2 Å². The van der Waals surface area contributed by atoms with Crippen molar-refractivity contribution in [2.24, 2.45) is 0 Å². The molecule has 8 heteroatoms. The van der Waals surface area contributed by atoms with Gasteiger partial charge in [-0.2, -0.15) is 0 Å². The minimum atomic E-state index is -1.20. The number of anilines is 1. The van der Waals surface area contributed by atoms with E-state index in [1.165, 1.54) is 6.07 Å². The third-order valence-electron chi connectivity index (χ3n) is 4.90. The quantitative estimate of drug-likeness (QED) is 0.462. The van der Waals surface area contributed by atoms with Gasteiger partial charge in [0.05, 0.1) is 0 Å². The number of aromatic carboxylic acids is 1. The van der Waals surface area contributed by atoms with Crippen LogP contribution in [0.15, 0.2) is 44.5 Å². The Balaban J connectivity index is 1.53. The number of carboxylic acid groups (broad SMARTS) is 1. The van der Waals surface area contributed by atoms with Crippen molar-refractivity contribution in [1.29, 1.82) is 0 Å². The summed E-state index contributed by atoms with van der Waals surface area (Å²) >= 11 is 1.08. The van der Waals surface area contributed by atoms with E-state index in [1.54, 1.807) is 29.6 Å². The summed E-state index contributed by atoms with van der Waals surface area (Å²) in [5.41, 5.74) is 1.16. The van der Waals surface area contributed by atoms with E-state index in [0.29, 0.717) is 22.1 Å². The Labute approximate surface area is 173 Å². The van der Waals surface area contributed by atoms with Crippen LogP contribution < -0.4 is 16.0 Å². The average Bonchev–Trinajstić information content (AvgIpc) is 3.44. The van der Waals surface area contributed by atoms with Crippen LogP contribution in [0, 0.1) is 0 Å². The fourth-order valence-electron chi connectivity index (χ4n) is 3.49. The van der Waals surface area contributed by atoms with Gasteiger partial charge in [0, 0.05) is 21.5 Å². The number of benzene rings is 1. The SMILES string of the molecule is O=C(Nc1scc(-c2cc3cccc(O)c3o2)c1C(=O)O)c1cc2c(o1)=CCCC=2. The number of hydrogen-bond acceptors (Lipinski definition) is 6. The largest absolute Gasteiger partial charge is 0.504 e. The van der Waals surface area contributed by atoms with Gasteiger partial charge in [0.2, 0.25) is 0 Å². The van der Waals surface area contributed by atoms with Crippen LogP contribution in [-0.2, 0) is 0 Å². The van der Waals surface area contributed by atoms with E-state index in [9.17, 15) is 19.8 Å². The molecular formula is C22H15NO6S. The highest BCUT2D eigenvalue weighted by atomic mass is 32.1. The maximum atomic E-state index is 12.7. The highest BCUT2D eigenvalue weighted by molar-refractivity contribution is 7.15. The van der Waals surface area contributed by atoms with Gasteiger partial charge in [0.15, 0.2) is 17.1 Å². The number of furan rings is 2. The maximum absolute atomic E-state index is 12.7. The Bertz CT molecular complexity index is 1400. The second kappa shape index (κ2) is 6.93. The number of carbonyl (C=O) groups is 2. The van der Waals surface area contributed by atoms with Crippen LogP contribution in [0.4, 0.5) is 5.00 Å². The highest BCUT2D eigenvalue weighted by Gasteiger charge is 2.25. The summed E-state index contributed by atoms with van der Waals surface area (Å²) < 4.78 is 11.3. The van der Waals surface area contributed by atoms with Gasteiger partial charge in [0.25, 0.3) is 5.91 Å². The average molecular weight is 421 g/mol. The van der Waals surface area contributed by atoms with E-state index >= 15 is 0 Å². The molecule has 0 saturated carbocycles. The molecule has 1 aromatic carbocycles. The molecule has 0 atom stereocenters. The number of fused-ring (bicyclic) bond motifs is 2. The van der Waals surface area contributed by atoms with Crippen LogP contribution in [0.2, 0.25) is 0 Å². The zero-order valence-electron chi connectivity index (χ0n) is 15.5. The van der Waals surface area contributed by atoms with Gasteiger partial charge < -0.3 is 24.4 Å². The molecule has 30 heavy (non-hydrogen) atoms. The summed E-state index contributed by atoms with van der Waals surface area (Å²) in [4.78, 5) is 24.6. The van der Waals surface area contributed by atoms with E-state index in [1.807, 2.05) is 12.2 Å². The van der Waals surface area contributed by atoms with Crippen molar-refractivity contribution in [3.05, 3.63) is 57.7 Å². The first-order chi connectivity index (χ1) is 14.5. The number of para-hydroxylation sites is 1. The minimum absolute atomic E-state index is 0.0326. The molecule has 0 aliphatic heterocycles. The van der Waals surface area contributed by atoms with Crippen molar-refractivity contribution >= 4 is 51.3 Å². The fourth-order valence-corrected chi connectivity index (χ4v) is 4.43. The van der Waals surface area contributed by atoms with Crippen molar-refractivity contribution in [3.8, 4) is 17.1 Å². The van der Waals surface area contributed by atoms with Crippen LogP contribution in [-0.4, -0.2) is 22.1 Å². The van der Waals surface area contributed by atoms with E-state index in [4.69, 9.17) is 8.83 Å². The molecule has 0 spiro atoms. The summed E-state index contributed by atoms with van der Waals surface area (Å²) in [6.07, 6.45) is 5.66. The molecule has 1 aliphatic rings. The predicted molar refractivity (Wildman–Crippen MR) is 112 cm³/mol. The van der Waals surface area contributed by atoms with Crippen LogP contribution in [0.25, 0.3) is 34.4 Å². The smallest absolute Gasteiger partial charge is 0.339 e. The summed E-state index contributed by atoms with van der Waals surface area (Å²) in [5, 5.41) is 25.6. The number of carbonyl (C=O) groups excluding carboxylic acids is 1. The number of phenols is 1. The molecule has 0 bridgehead atoms. The Morgan fingerprint density at radius 3 is 2.70 bits per heavy atom. The van der Waals surface area contributed by atoms with Gasteiger partial charge >= 0.3 is 5.97 Å². The zero-order valence-corrected chi connectivity index (χ0v) is 16.3. The molecule has 0 unspecified atom stereocenters. The number of hydrogen-bond donors (Lipinski definition) is 3. The number of carboxylic acids is 1. The van der Waals surface area contributed by atoms with Gasteiger partial charge in [-0.15, -0.1) is 11.3 Å². The number of amides is 1. The van der Waals surface area contributed by atoms with Gasteiger partial charge in [-0.25, -0.2) is 4.79 Å². The molecule has 4 aromatic rings. The lowest BCUT2D eigenvalue weighted by Crippen LogP contribution is -2.21. The molecule has 0 radical (unpaired) electrons. The lowest BCUT2D eigenvalue weighted by atomic mass is 10.1. The lowest BCUT2D eigenvalue weighted by molar-refractivity contribution is 0.0699.